The van der Waals surface area contributed by atoms with Crippen molar-refractivity contribution in [2.45, 2.75) is 26.9 Å². The second kappa shape index (κ2) is 6.54. The van der Waals surface area contributed by atoms with E-state index < -0.39 is 12.1 Å². The van der Waals surface area contributed by atoms with Gasteiger partial charge in [-0.3, -0.25) is 0 Å². The van der Waals surface area contributed by atoms with Crippen molar-refractivity contribution in [1.29, 1.82) is 0 Å². The third-order valence-electron chi connectivity index (χ3n) is 2.60. The Labute approximate surface area is 108 Å². The van der Waals surface area contributed by atoms with Gasteiger partial charge in [-0.05, 0) is 20.8 Å². The molecule has 0 saturated carbocycles. The van der Waals surface area contributed by atoms with Crippen molar-refractivity contribution in [3.8, 4) is 0 Å². The van der Waals surface area contributed by atoms with E-state index >= 15 is 0 Å². The number of carbonyl (C=O) groups excluding carboxylic acids is 1. The Morgan fingerprint density at radius 1 is 1.61 bits per heavy atom. The zero-order valence-corrected chi connectivity index (χ0v) is 11.3. The molecule has 102 valence electrons. The molecule has 0 bridgehead atoms. The maximum Gasteiger partial charge on any atom is 0.339 e. The van der Waals surface area contributed by atoms with Crippen molar-refractivity contribution in [1.82, 2.24) is 0 Å². The second-order valence-corrected chi connectivity index (χ2v) is 4.82. The monoisotopic (exact) mass is 256 g/mol. The van der Waals surface area contributed by atoms with E-state index in [2.05, 4.69) is 6.58 Å². The lowest BCUT2D eigenvalue weighted by Crippen LogP contribution is -2.32. The van der Waals surface area contributed by atoms with Crippen LogP contribution in [0.15, 0.2) is 12.2 Å². The molecule has 0 aliphatic carbocycles. The number of carbonyl (C=O) groups is 1. The summed E-state index contributed by atoms with van der Waals surface area (Å²) in [5.41, 5.74) is 0.334. The normalized spacial score (nSPS) is 16.7. The highest BCUT2D eigenvalue weighted by Gasteiger charge is 2.28. The van der Waals surface area contributed by atoms with Crippen LogP contribution in [0.1, 0.15) is 20.8 Å². The van der Waals surface area contributed by atoms with Crippen LogP contribution < -0.4 is 0 Å². The molecule has 1 unspecified atom stereocenters. The van der Waals surface area contributed by atoms with E-state index in [-0.39, 0.29) is 12.5 Å². The molecule has 18 heavy (non-hydrogen) atoms. The van der Waals surface area contributed by atoms with E-state index in [9.17, 15) is 9.90 Å². The first kappa shape index (κ1) is 14.7. The van der Waals surface area contributed by atoms with Crippen LogP contribution in [0.3, 0.4) is 0 Å². The number of hydrogen-bond donors (Lipinski definition) is 1. The number of hydrogen-bond acceptors (Lipinski definition) is 4. The first-order valence-electron chi connectivity index (χ1n) is 6.17. The molecule has 0 fully saturated rings. The summed E-state index contributed by atoms with van der Waals surface area (Å²) in [5, 5.41) is 9.82. The second-order valence-electron chi connectivity index (χ2n) is 4.82. The molecule has 1 aliphatic rings. The van der Waals surface area contributed by atoms with Crippen LogP contribution in [0.5, 0.6) is 0 Å². The Bertz CT molecular complexity index is 360. The predicted molar refractivity (Wildman–Crippen MR) is 67.6 cm³/mol. The molecule has 1 atom stereocenters. The fourth-order valence-electron chi connectivity index (χ4n) is 1.78. The van der Waals surface area contributed by atoms with Crippen molar-refractivity contribution >= 4 is 11.9 Å². The molecule has 0 saturated heterocycles. The lowest BCUT2D eigenvalue weighted by molar-refractivity contribution is -0.529. The van der Waals surface area contributed by atoms with Gasteiger partial charge in [0.1, 0.15) is 12.7 Å². The van der Waals surface area contributed by atoms with Gasteiger partial charge >= 0.3 is 11.9 Å². The highest BCUT2D eigenvalue weighted by Crippen LogP contribution is 2.06. The first-order valence-corrected chi connectivity index (χ1v) is 6.17. The van der Waals surface area contributed by atoms with E-state index in [4.69, 9.17) is 9.47 Å². The van der Waals surface area contributed by atoms with Gasteiger partial charge in [0.25, 0.3) is 0 Å². The third kappa shape index (κ3) is 4.14. The molecule has 1 aliphatic heterocycles. The quantitative estimate of drug-likeness (QED) is 0.429. The maximum atomic E-state index is 11.2. The van der Waals surface area contributed by atoms with Gasteiger partial charge in [0.15, 0.2) is 19.7 Å². The summed E-state index contributed by atoms with van der Waals surface area (Å²) in [6, 6.07) is 0. The van der Waals surface area contributed by atoms with Gasteiger partial charge in [-0.25, -0.2) is 4.79 Å². The van der Waals surface area contributed by atoms with Crippen LogP contribution in [0, 0.1) is 5.92 Å². The number of aliphatic hydroxyl groups excluding tert-OH is 1. The molecular weight excluding hydrogens is 234 g/mol. The number of nitrogens with zero attached hydrogens (tertiary/aromatic N) is 1. The van der Waals surface area contributed by atoms with Crippen LogP contribution in [-0.2, 0) is 14.3 Å². The fourth-order valence-corrected chi connectivity index (χ4v) is 1.78. The van der Waals surface area contributed by atoms with Crippen molar-refractivity contribution < 1.29 is 24.0 Å². The molecule has 0 aromatic heterocycles. The van der Waals surface area contributed by atoms with E-state index in [0.29, 0.717) is 18.7 Å². The molecule has 0 spiro atoms. The number of esters is 1. The highest BCUT2D eigenvalue weighted by molar-refractivity contribution is 5.86. The highest BCUT2D eigenvalue weighted by atomic mass is 16.5. The number of ether oxygens (including phenoxy) is 2. The summed E-state index contributed by atoms with van der Waals surface area (Å²) in [5.74, 6) is 0.706. The average molecular weight is 256 g/mol. The molecule has 0 radical (unpaired) electrons. The van der Waals surface area contributed by atoms with Gasteiger partial charge in [0, 0.05) is 5.57 Å². The summed E-state index contributed by atoms with van der Waals surface area (Å²) in [6.45, 7) is 10.9. The standard InChI is InChI=1S/C13H22NO4/c1-9(2)12-14(5-6-17-12)7-11(15)8-18-13(16)10(3)4/h9,11,15H,3,5-8H2,1-2,4H3/q+1. The van der Waals surface area contributed by atoms with Crippen LogP contribution >= 0.6 is 0 Å². The minimum atomic E-state index is -0.719. The Morgan fingerprint density at radius 2 is 2.28 bits per heavy atom. The van der Waals surface area contributed by atoms with Crippen LogP contribution in [0.4, 0.5) is 0 Å². The lowest BCUT2D eigenvalue weighted by Gasteiger charge is -2.10. The number of rotatable bonds is 6. The van der Waals surface area contributed by atoms with Gasteiger partial charge in [-0.2, -0.15) is 4.58 Å². The zero-order chi connectivity index (χ0) is 13.7. The van der Waals surface area contributed by atoms with Crippen molar-refractivity contribution in [3.05, 3.63) is 12.2 Å². The summed E-state index contributed by atoms with van der Waals surface area (Å²) < 4.78 is 12.4. The molecule has 1 heterocycles. The topological polar surface area (TPSA) is 58.8 Å². The van der Waals surface area contributed by atoms with Crippen LogP contribution in [0.25, 0.3) is 0 Å². The van der Waals surface area contributed by atoms with Crippen molar-refractivity contribution in [2.75, 3.05) is 26.3 Å². The van der Waals surface area contributed by atoms with Gasteiger partial charge in [-0.1, -0.05) is 6.58 Å². The Morgan fingerprint density at radius 3 is 2.83 bits per heavy atom. The molecule has 1 rings (SSSR count). The smallest absolute Gasteiger partial charge is 0.339 e. The van der Waals surface area contributed by atoms with Crippen LogP contribution in [0.2, 0.25) is 0 Å². The van der Waals surface area contributed by atoms with Gasteiger partial charge in [0.05, 0.1) is 5.92 Å². The van der Waals surface area contributed by atoms with E-state index in [1.807, 2.05) is 18.4 Å². The lowest BCUT2D eigenvalue weighted by atomic mass is 10.2. The number of β-amino-alcohol motifs (C(OH)–C–C–N with tert-alkyl or cyclic N) is 1. The summed E-state index contributed by atoms with van der Waals surface area (Å²) in [4.78, 5) is 11.2. The van der Waals surface area contributed by atoms with Crippen molar-refractivity contribution in [2.24, 2.45) is 5.92 Å². The fraction of sp³-hybridized carbons (Fsp3) is 0.692. The van der Waals surface area contributed by atoms with Gasteiger partial charge in [0.2, 0.25) is 0 Å². The van der Waals surface area contributed by atoms with E-state index in [1.165, 1.54) is 0 Å². The maximum absolute atomic E-state index is 11.2. The first-order chi connectivity index (χ1) is 8.41. The molecular formula is C13H22NO4+. The minimum absolute atomic E-state index is 0.0203. The third-order valence-corrected chi connectivity index (χ3v) is 2.60. The van der Waals surface area contributed by atoms with E-state index in [0.717, 1.165) is 12.4 Å². The van der Waals surface area contributed by atoms with Crippen molar-refractivity contribution in [3.63, 3.8) is 0 Å². The molecule has 0 aromatic carbocycles. The molecule has 5 heteroatoms. The predicted octanol–water partition coefficient (Wildman–Crippen LogP) is 0.564. The molecule has 0 aromatic rings. The van der Waals surface area contributed by atoms with E-state index in [1.54, 1.807) is 6.92 Å². The van der Waals surface area contributed by atoms with Gasteiger partial charge < -0.3 is 14.6 Å². The summed E-state index contributed by atoms with van der Waals surface area (Å²) in [6.07, 6.45) is -0.719. The SMILES string of the molecule is C=C(C)C(=O)OCC(O)C[N+]1=C(C(C)C)OCC1. The largest absolute Gasteiger partial charge is 0.459 e. The zero-order valence-electron chi connectivity index (χ0n) is 11.3. The van der Waals surface area contributed by atoms with Gasteiger partial charge in [-0.15, -0.1) is 0 Å². The Hall–Kier alpha value is -1.36. The molecule has 1 N–H and O–H groups in total. The molecule has 5 nitrogen and oxygen atoms in total. The Kier molecular flexibility index (Phi) is 5.34. The minimum Gasteiger partial charge on any atom is -0.459 e. The molecule has 0 amide bonds. The summed E-state index contributed by atoms with van der Waals surface area (Å²) >= 11 is 0. The Balaban J connectivity index is 2.45. The van der Waals surface area contributed by atoms with Crippen LogP contribution in [-0.4, -0.2) is 54.0 Å². The average Bonchev–Trinajstić information content (AvgIpc) is 2.73. The summed E-state index contributed by atoms with van der Waals surface area (Å²) in [7, 11) is 0. The number of aliphatic hydroxyl groups is 1.